The highest BCUT2D eigenvalue weighted by atomic mass is 19.3. The zero-order valence-corrected chi connectivity index (χ0v) is 23.9. The number of alkyl halides is 4. The first kappa shape index (κ1) is 31.4. The van der Waals surface area contributed by atoms with Crippen LogP contribution in [0.15, 0.2) is 48.2 Å². The predicted molar refractivity (Wildman–Crippen MR) is 148 cm³/mol. The summed E-state index contributed by atoms with van der Waals surface area (Å²) in [6.45, 7) is 3.45. The van der Waals surface area contributed by atoms with Crippen LogP contribution in [0.4, 0.5) is 35.1 Å². The molecule has 0 saturated carbocycles. The highest BCUT2D eigenvalue weighted by molar-refractivity contribution is 5.78. The highest BCUT2D eigenvalue weighted by Crippen LogP contribution is 2.60. The van der Waals surface area contributed by atoms with Crippen LogP contribution in [-0.4, -0.2) is 6.61 Å². The second-order valence-electron chi connectivity index (χ2n) is 10.7. The van der Waals surface area contributed by atoms with Gasteiger partial charge in [0.2, 0.25) is 0 Å². The van der Waals surface area contributed by atoms with Gasteiger partial charge in [0.1, 0.15) is 11.9 Å². The van der Waals surface area contributed by atoms with E-state index in [4.69, 9.17) is 9.47 Å². The molecule has 0 aromatic heterocycles. The van der Waals surface area contributed by atoms with E-state index in [2.05, 4.69) is 18.8 Å². The van der Waals surface area contributed by atoms with E-state index < -0.39 is 80.3 Å². The topological polar surface area (TPSA) is 18.5 Å². The molecule has 0 saturated heterocycles. The molecule has 232 valence electrons. The summed E-state index contributed by atoms with van der Waals surface area (Å²) in [7, 11) is 0. The Morgan fingerprint density at radius 3 is 2.00 bits per heavy atom. The minimum Gasteiger partial charge on any atom is -0.493 e. The van der Waals surface area contributed by atoms with Gasteiger partial charge in [0.15, 0.2) is 23.2 Å². The minimum absolute atomic E-state index is 0.0304. The van der Waals surface area contributed by atoms with Crippen LogP contribution in [0.1, 0.15) is 86.3 Å². The normalized spacial score (nSPS) is 17.9. The number of hydrogen-bond acceptors (Lipinski definition) is 2. The maximum absolute atomic E-state index is 15.5. The van der Waals surface area contributed by atoms with Gasteiger partial charge in [-0.25, -0.2) is 17.6 Å². The SMILES string of the molecule is CCCCCC1=COC(c2ccc(C#Cc3ccc4c(c3F)C(F)(F)C(F)(F)c3c-4ccc(OCC)c3F)c(F)c2F)CC1. The number of allylic oxidation sites excluding steroid dienone is 1. The second-order valence-corrected chi connectivity index (χ2v) is 10.7. The van der Waals surface area contributed by atoms with Crippen molar-refractivity contribution in [3.8, 4) is 28.7 Å². The Kier molecular flexibility index (Phi) is 8.70. The third-order valence-electron chi connectivity index (χ3n) is 7.88. The van der Waals surface area contributed by atoms with Crippen LogP contribution in [0.2, 0.25) is 0 Å². The number of benzene rings is 3. The van der Waals surface area contributed by atoms with Crippen molar-refractivity contribution < 1.29 is 44.6 Å². The number of halogens is 8. The standard InChI is InChI=1S/C34H28F8O2/c1-3-5-6-7-19-8-16-25(44-18-19)24-14-12-21(30(36)31(24)37)10-9-20-11-13-22-23-15-17-26(43-4-2)32(38)28(23)34(41,42)33(39,40)27(22)29(20)35/h11-15,17-18,25H,3-8,16H2,1-2H3. The van der Waals surface area contributed by atoms with Gasteiger partial charge in [-0.05, 0) is 73.6 Å². The van der Waals surface area contributed by atoms with Crippen LogP contribution in [0.25, 0.3) is 11.1 Å². The summed E-state index contributed by atoms with van der Waals surface area (Å²) < 4.78 is 132. The number of hydrogen-bond donors (Lipinski definition) is 0. The molecule has 5 rings (SSSR count). The van der Waals surface area contributed by atoms with Gasteiger partial charge in [-0.2, -0.15) is 17.6 Å². The Bertz CT molecular complexity index is 1680. The van der Waals surface area contributed by atoms with E-state index in [0.717, 1.165) is 61.6 Å². The fourth-order valence-corrected chi connectivity index (χ4v) is 5.55. The molecule has 1 aliphatic carbocycles. The Balaban J connectivity index is 1.47. The zero-order chi connectivity index (χ0) is 31.8. The average molecular weight is 621 g/mol. The van der Waals surface area contributed by atoms with E-state index in [1.165, 1.54) is 13.0 Å². The zero-order valence-electron chi connectivity index (χ0n) is 23.9. The molecule has 3 aromatic carbocycles. The largest absolute Gasteiger partial charge is 0.493 e. The average Bonchev–Trinajstić information content (AvgIpc) is 2.99. The Hall–Kier alpha value is -4.00. The van der Waals surface area contributed by atoms with E-state index in [9.17, 15) is 8.78 Å². The molecule has 1 unspecified atom stereocenters. The predicted octanol–water partition coefficient (Wildman–Crippen LogP) is 10.2. The van der Waals surface area contributed by atoms with Crippen molar-refractivity contribution in [1.29, 1.82) is 0 Å². The van der Waals surface area contributed by atoms with E-state index in [1.807, 2.05) is 0 Å². The first-order valence-electron chi connectivity index (χ1n) is 14.3. The van der Waals surface area contributed by atoms with Crippen LogP contribution < -0.4 is 4.74 Å². The Morgan fingerprint density at radius 1 is 0.773 bits per heavy atom. The molecule has 2 aliphatic rings. The second kappa shape index (κ2) is 12.2. The lowest BCUT2D eigenvalue weighted by Gasteiger charge is -2.35. The quantitative estimate of drug-likeness (QED) is 0.149. The summed E-state index contributed by atoms with van der Waals surface area (Å²) in [5, 5.41) is 0. The summed E-state index contributed by atoms with van der Waals surface area (Å²) >= 11 is 0. The van der Waals surface area contributed by atoms with E-state index in [0.29, 0.717) is 12.8 Å². The van der Waals surface area contributed by atoms with E-state index in [1.54, 1.807) is 6.26 Å². The summed E-state index contributed by atoms with van der Waals surface area (Å²) in [4.78, 5) is 0. The molecule has 1 atom stereocenters. The molecule has 0 amide bonds. The highest BCUT2D eigenvalue weighted by Gasteiger charge is 2.65. The van der Waals surface area contributed by atoms with Gasteiger partial charge >= 0.3 is 11.8 Å². The summed E-state index contributed by atoms with van der Waals surface area (Å²) in [5.41, 5.74) is -4.76. The first-order valence-corrected chi connectivity index (χ1v) is 14.3. The van der Waals surface area contributed by atoms with Gasteiger partial charge in [0.05, 0.1) is 35.1 Å². The summed E-state index contributed by atoms with van der Waals surface area (Å²) in [5.74, 6) is -12.6. The van der Waals surface area contributed by atoms with Gasteiger partial charge in [0.25, 0.3) is 0 Å². The molecular formula is C34H28F8O2. The number of unbranched alkanes of at least 4 members (excludes halogenated alkanes) is 2. The molecule has 0 spiro atoms. The third kappa shape index (κ3) is 5.31. The fraction of sp³-hybridized carbons (Fsp3) is 0.353. The van der Waals surface area contributed by atoms with Crippen LogP contribution in [0, 0.1) is 35.1 Å². The Labute approximate surface area is 249 Å². The first-order chi connectivity index (χ1) is 20.9. The van der Waals surface area contributed by atoms with E-state index in [-0.39, 0.29) is 12.2 Å². The maximum atomic E-state index is 15.5. The van der Waals surface area contributed by atoms with Gasteiger partial charge in [-0.1, -0.05) is 43.7 Å². The van der Waals surface area contributed by atoms with Crippen molar-refractivity contribution in [3.63, 3.8) is 0 Å². The number of fused-ring (bicyclic) bond motifs is 3. The monoisotopic (exact) mass is 620 g/mol. The van der Waals surface area contributed by atoms with Crippen molar-refractivity contribution in [1.82, 2.24) is 0 Å². The third-order valence-corrected chi connectivity index (χ3v) is 7.88. The molecule has 3 aromatic rings. The van der Waals surface area contributed by atoms with Crippen LogP contribution in [0.5, 0.6) is 5.75 Å². The smallest absolute Gasteiger partial charge is 0.343 e. The maximum Gasteiger partial charge on any atom is 0.343 e. The molecule has 0 N–H and O–H groups in total. The molecule has 10 heteroatoms. The molecular weight excluding hydrogens is 592 g/mol. The minimum atomic E-state index is -5.17. The van der Waals surface area contributed by atoms with Crippen molar-refractivity contribution >= 4 is 0 Å². The number of rotatable bonds is 7. The summed E-state index contributed by atoms with van der Waals surface area (Å²) in [6, 6.07) is 6.22. The van der Waals surface area contributed by atoms with Crippen LogP contribution in [0.3, 0.4) is 0 Å². The Morgan fingerprint density at radius 2 is 1.39 bits per heavy atom. The van der Waals surface area contributed by atoms with Gasteiger partial charge in [-0.3, -0.25) is 0 Å². The molecule has 0 radical (unpaired) electrons. The van der Waals surface area contributed by atoms with E-state index >= 15 is 26.3 Å². The van der Waals surface area contributed by atoms with Crippen LogP contribution in [-0.2, 0) is 16.6 Å². The van der Waals surface area contributed by atoms with Crippen molar-refractivity contribution in [3.05, 3.63) is 99.3 Å². The molecule has 0 bridgehead atoms. The fourth-order valence-electron chi connectivity index (χ4n) is 5.55. The van der Waals surface area contributed by atoms with Crippen molar-refractivity contribution in [2.75, 3.05) is 6.61 Å². The molecule has 44 heavy (non-hydrogen) atoms. The molecule has 1 heterocycles. The van der Waals surface area contributed by atoms with Crippen molar-refractivity contribution in [2.45, 2.75) is 70.3 Å². The van der Waals surface area contributed by atoms with Gasteiger partial charge < -0.3 is 9.47 Å². The van der Waals surface area contributed by atoms with Gasteiger partial charge in [0, 0.05) is 5.56 Å². The molecule has 2 nitrogen and oxygen atoms in total. The molecule has 0 fully saturated rings. The lowest BCUT2D eigenvalue weighted by molar-refractivity contribution is -0.227. The van der Waals surface area contributed by atoms with Crippen LogP contribution >= 0.6 is 0 Å². The van der Waals surface area contributed by atoms with Crippen molar-refractivity contribution in [2.24, 2.45) is 0 Å². The summed E-state index contributed by atoms with van der Waals surface area (Å²) in [6.07, 6.45) is 6.01. The lowest BCUT2D eigenvalue weighted by atomic mass is 9.79. The number of ether oxygens (including phenoxy) is 2. The van der Waals surface area contributed by atoms with Gasteiger partial charge in [-0.15, -0.1) is 0 Å². The molecule has 1 aliphatic heterocycles. The lowest BCUT2D eigenvalue weighted by Crippen LogP contribution is -2.41.